The largest absolute Gasteiger partial charge is 0.396 e. The molecule has 1 aliphatic heterocycles. The topological polar surface area (TPSA) is 86.7 Å². The highest BCUT2D eigenvalue weighted by Gasteiger charge is 2.30. The molecule has 0 aromatic rings. The first kappa shape index (κ1) is 18.4. The van der Waals surface area contributed by atoms with Crippen LogP contribution < -0.4 is 4.72 Å². The van der Waals surface area contributed by atoms with Crippen molar-refractivity contribution >= 4 is 15.9 Å². The zero-order chi connectivity index (χ0) is 16.0. The molecule has 124 valence electrons. The van der Waals surface area contributed by atoms with E-state index in [1.807, 2.05) is 13.8 Å². The van der Waals surface area contributed by atoms with E-state index in [0.717, 1.165) is 19.1 Å². The lowest BCUT2D eigenvalue weighted by Crippen LogP contribution is -2.51. The molecule has 7 heteroatoms. The Morgan fingerprint density at radius 1 is 1.43 bits per heavy atom. The summed E-state index contributed by atoms with van der Waals surface area (Å²) in [4.78, 5) is 14.3. The fourth-order valence-electron chi connectivity index (χ4n) is 2.83. The van der Waals surface area contributed by atoms with Gasteiger partial charge in [0.1, 0.15) is 6.04 Å². The second-order valence-corrected chi connectivity index (χ2v) is 8.16. The summed E-state index contributed by atoms with van der Waals surface area (Å²) < 4.78 is 25.4. The molecule has 1 heterocycles. The molecule has 2 atom stereocenters. The number of piperidine rings is 1. The van der Waals surface area contributed by atoms with E-state index >= 15 is 0 Å². The zero-order valence-electron chi connectivity index (χ0n) is 13.2. The van der Waals surface area contributed by atoms with Crippen LogP contribution in [0.3, 0.4) is 0 Å². The summed E-state index contributed by atoms with van der Waals surface area (Å²) in [6.07, 6.45) is 4.19. The fraction of sp³-hybridized carbons (Fsp3) is 0.929. The minimum atomic E-state index is -3.41. The molecule has 0 aromatic heterocycles. The van der Waals surface area contributed by atoms with Gasteiger partial charge in [0, 0.05) is 19.7 Å². The summed E-state index contributed by atoms with van der Waals surface area (Å²) >= 11 is 0. The highest BCUT2D eigenvalue weighted by atomic mass is 32.2. The Balaban J connectivity index is 2.74. The quantitative estimate of drug-likeness (QED) is 0.718. The molecule has 0 radical (unpaired) electrons. The van der Waals surface area contributed by atoms with Crippen molar-refractivity contribution in [3.63, 3.8) is 0 Å². The number of amides is 1. The number of nitrogens with one attached hydrogen (secondary N) is 1. The highest BCUT2D eigenvalue weighted by Crippen LogP contribution is 2.21. The molecule has 0 aromatic carbocycles. The summed E-state index contributed by atoms with van der Waals surface area (Å²) in [6, 6.07) is -0.687. The van der Waals surface area contributed by atoms with Gasteiger partial charge in [-0.2, -0.15) is 0 Å². The lowest BCUT2D eigenvalue weighted by atomic mass is 9.94. The Morgan fingerprint density at radius 2 is 2.10 bits per heavy atom. The number of aliphatic hydroxyl groups excluding tert-OH is 1. The molecular formula is C14H28N2O4S. The number of carbonyl (C=O) groups is 1. The molecule has 0 bridgehead atoms. The van der Waals surface area contributed by atoms with E-state index in [4.69, 9.17) is 5.11 Å². The minimum Gasteiger partial charge on any atom is -0.396 e. The molecule has 6 nitrogen and oxygen atoms in total. The number of hydrogen-bond donors (Lipinski definition) is 2. The van der Waals surface area contributed by atoms with Gasteiger partial charge in [-0.05, 0) is 37.5 Å². The first-order valence-corrected chi connectivity index (χ1v) is 9.49. The van der Waals surface area contributed by atoms with Crippen molar-refractivity contribution in [1.29, 1.82) is 0 Å². The summed E-state index contributed by atoms with van der Waals surface area (Å²) in [7, 11) is -3.41. The Bertz CT molecular complexity index is 434. The predicted molar refractivity (Wildman–Crippen MR) is 82.2 cm³/mol. The smallest absolute Gasteiger partial charge is 0.240 e. The van der Waals surface area contributed by atoms with Crippen LogP contribution in [0.5, 0.6) is 0 Å². The van der Waals surface area contributed by atoms with E-state index < -0.39 is 16.1 Å². The molecule has 21 heavy (non-hydrogen) atoms. The lowest BCUT2D eigenvalue weighted by molar-refractivity contribution is -0.135. The maximum absolute atomic E-state index is 12.6. The van der Waals surface area contributed by atoms with Crippen LogP contribution in [-0.4, -0.2) is 56.3 Å². The number of rotatable bonds is 7. The summed E-state index contributed by atoms with van der Waals surface area (Å²) in [5.41, 5.74) is 0. The van der Waals surface area contributed by atoms with E-state index in [9.17, 15) is 13.2 Å². The maximum Gasteiger partial charge on any atom is 0.240 e. The summed E-state index contributed by atoms with van der Waals surface area (Å²) in [5, 5.41) is 9.03. The lowest BCUT2D eigenvalue weighted by Gasteiger charge is -2.35. The van der Waals surface area contributed by atoms with Gasteiger partial charge in [0.25, 0.3) is 0 Å². The van der Waals surface area contributed by atoms with Crippen molar-refractivity contribution in [2.24, 2.45) is 11.8 Å². The van der Waals surface area contributed by atoms with Crippen LogP contribution in [0.4, 0.5) is 0 Å². The van der Waals surface area contributed by atoms with Gasteiger partial charge < -0.3 is 10.0 Å². The highest BCUT2D eigenvalue weighted by molar-refractivity contribution is 7.88. The number of carbonyl (C=O) groups excluding carboxylic acids is 1. The van der Waals surface area contributed by atoms with E-state index in [0.29, 0.717) is 31.8 Å². The Kier molecular flexibility index (Phi) is 7.09. The predicted octanol–water partition coefficient (Wildman–Crippen LogP) is 0.571. The molecule has 0 aliphatic carbocycles. The monoisotopic (exact) mass is 320 g/mol. The van der Waals surface area contributed by atoms with Gasteiger partial charge in [-0.25, -0.2) is 13.1 Å². The van der Waals surface area contributed by atoms with Gasteiger partial charge in [-0.1, -0.05) is 13.8 Å². The van der Waals surface area contributed by atoms with E-state index in [1.165, 1.54) is 0 Å². The van der Waals surface area contributed by atoms with E-state index in [2.05, 4.69) is 4.72 Å². The Labute approximate surface area is 128 Å². The number of likely N-dealkylation sites (tertiary alicyclic amines) is 1. The van der Waals surface area contributed by atoms with Crippen molar-refractivity contribution in [1.82, 2.24) is 9.62 Å². The Morgan fingerprint density at radius 3 is 2.62 bits per heavy atom. The molecule has 2 unspecified atom stereocenters. The second kappa shape index (κ2) is 8.10. The number of nitrogens with zero attached hydrogens (tertiary/aromatic N) is 1. The van der Waals surface area contributed by atoms with Crippen LogP contribution in [0.2, 0.25) is 0 Å². The van der Waals surface area contributed by atoms with Gasteiger partial charge in [0.2, 0.25) is 15.9 Å². The maximum atomic E-state index is 12.6. The van der Waals surface area contributed by atoms with Gasteiger partial charge in [0.15, 0.2) is 0 Å². The number of sulfonamides is 1. The van der Waals surface area contributed by atoms with Crippen LogP contribution >= 0.6 is 0 Å². The molecule has 1 fully saturated rings. The third kappa shape index (κ3) is 6.76. The number of aliphatic hydroxyl groups is 1. The van der Waals surface area contributed by atoms with Crippen molar-refractivity contribution in [3.05, 3.63) is 0 Å². The average Bonchev–Trinajstić information content (AvgIpc) is 2.35. The average molecular weight is 320 g/mol. The molecule has 1 amide bonds. The first-order chi connectivity index (χ1) is 9.73. The van der Waals surface area contributed by atoms with Gasteiger partial charge in [0.05, 0.1) is 6.26 Å². The second-order valence-electron chi connectivity index (χ2n) is 6.38. The van der Waals surface area contributed by atoms with E-state index in [-0.39, 0.29) is 18.4 Å². The zero-order valence-corrected chi connectivity index (χ0v) is 14.0. The first-order valence-electron chi connectivity index (χ1n) is 7.60. The molecular weight excluding hydrogens is 292 g/mol. The van der Waals surface area contributed by atoms with Crippen molar-refractivity contribution in [2.45, 2.75) is 45.6 Å². The van der Waals surface area contributed by atoms with Crippen LogP contribution in [0.1, 0.15) is 39.5 Å². The number of hydrogen-bond acceptors (Lipinski definition) is 4. The molecule has 2 N–H and O–H groups in total. The molecule has 0 saturated carbocycles. The van der Waals surface area contributed by atoms with Crippen LogP contribution in [0.15, 0.2) is 0 Å². The summed E-state index contributed by atoms with van der Waals surface area (Å²) in [6.45, 7) is 5.34. The van der Waals surface area contributed by atoms with Crippen molar-refractivity contribution in [2.75, 3.05) is 26.0 Å². The standard InChI is InChI=1S/C14H28N2O4S/c1-11(2)9-13(15-21(3,19)20)14(18)16-7-4-5-12(10-16)6-8-17/h11-13,15,17H,4-10H2,1-3H3. The summed E-state index contributed by atoms with van der Waals surface area (Å²) in [5.74, 6) is 0.397. The SMILES string of the molecule is CC(C)CC(NS(C)(=O)=O)C(=O)N1CCCC(CCO)C1. The van der Waals surface area contributed by atoms with E-state index in [1.54, 1.807) is 4.90 Å². The van der Waals surface area contributed by atoms with Crippen LogP contribution in [0.25, 0.3) is 0 Å². The molecule has 1 aliphatic rings. The van der Waals surface area contributed by atoms with Crippen molar-refractivity contribution in [3.8, 4) is 0 Å². The van der Waals surface area contributed by atoms with Gasteiger partial charge in [-0.15, -0.1) is 0 Å². The third-order valence-electron chi connectivity index (χ3n) is 3.73. The molecule has 0 spiro atoms. The van der Waals surface area contributed by atoms with Gasteiger partial charge >= 0.3 is 0 Å². The van der Waals surface area contributed by atoms with Gasteiger partial charge in [-0.3, -0.25) is 4.79 Å². The Hall–Kier alpha value is -0.660. The van der Waals surface area contributed by atoms with Crippen molar-refractivity contribution < 1.29 is 18.3 Å². The van der Waals surface area contributed by atoms with Crippen LogP contribution in [-0.2, 0) is 14.8 Å². The third-order valence-corrected chi connectivity index (χ3v) is 4.44. The normalized spacial score (nSPS) is 21.6. The molecule has 1 rings (SSSR count). The minimum absolute atomic E-state index is 0.129. The van der Waals surface area contributed by atoms with Crippen LogP contribution in [0, 0.1) is 11.8 Å². The fourth-order valence-corrected chi connectivity index (χ4v) is 3.55. The molecule has 1 saturated heterocycles.